The Morgan fingerprint density at radius 2 is 1.62 bits per heavy atom. The van der Waals surface area contributed by atoms with E-state index in [4.69, 9.17) is 16.7 Å². The summed E-state index contributed by atoms with van der Waals surface area (Å²) in [6.45, 7) is 0. The summed E-state index contributed by atoms with van der Waals surface area (Å²) in [4.78, 5) is 22.3. The summed E-state index contributed by atoms with van der Waals surface area (Å²) in [7, 11) is 3.14. The van der Waals surface area contributed by atoms with E-state index >= 15 is 0 Å². The quantitative estimate of drug-likeness (QED) is 0.559. The van der Waals surface area contributed by atoms with Crippen molar-refractivity contribution in [2.45, 2.75) is 12.4 Å². The number of anilines is 1. The normalized spacial score (nSPS) is 11.6. The van der Waals surface area contributed by atoms with Crippen LogP contribution in [0.1, 0.15) is 11.6 Å². The lowest BCUT2D eigenvalue weighted by Crippen LogP contribution is -2.17. The summed E-state index contributed by atoms with van der Waals surface area (Å²) in [5.74, 6) is -3.57. The second kappa shape index (κ2) is 7.76. The molecule has 2 aromatic heterocycles. The average molecular weight is 406 g/mol. The van der Waals surface area contributed by atoms with Crippen LogP contribution in [0.25, 0.3) is 0 Å². The largest absolute Gasteiger partial charge is 0.493 e. The molecule has 0 saturated carbocycles. The third-order valence-corrected chi connectivity index (χ3v) is 2.58. The van der Waals surface area contributed by atoms with Gasteiger partial charge in [-0.25, -0.2) is 9.97 Å². The lowest BCUT2D eigenvalue weighted by atomic mass is 10.5. The molecular weight excluding hydrogens is 396 g/mol. The molecule has 2 aromatic rings. The van der Waals surface area contributed by atoms with Crippen LogP contribution < -0.4 is 10.5 Å². The van der Waals surface area contributed by atoms with Gasteiger partial charge in [0.15, 0.2) is 0 Å². The highest BCUT2D eigenvalue weighted by Gasteiger charge is 2.35. The third-order valence-electron chi connectivity index (χ3n) is 2.39. The Morgan fingerprint density at radius 3 is 2.04 bits per heavy atom. The number of hydrogen-bond donors (Lipinski definition) is 2. The van der Waals surface area contributed by atoms with Crippen LogP contribution in [0, 0.1) is 0 Å². The Hall–Kier alpha value is -2.57. The molecule has 0 aliphatic carbocycles. The van der Waals surface area contributed by atoms with E-state index in [2.05, 4.69) is 15.0 Å². The lowest BCUT2D eigenvalue weighted by molar-refractivity contribution is -0.145. The van der Waals surface area contributed by atoms with Gasteiger partial charge in [0.05, 0.1) is 6.07 Å². The molecule has 0 aliphatic heterocycles. The van der Waals surface area contributed by atoms with E-state index in [-0.39, 0.29) is 11.0 Å². The van der Waals surface area contributed by atoms with E-state index in [0.717, 1.165) is 0 Å². The Kier molecular flexibility index (Phi) is 6.41. The van der Waals surface area contributed by atoms with Crippen molar-refractivity contribution < 1.29 is 31.4 Å². The van der Waals surface area contributed by atoms with Crippen LogP contribution in [0.2, 0.25) is 5.15 Å². The highest BCUT2D eigenvalue weighted by Crippen LogP contribution is 2.28. The zero-order chi connectivity index (χ0) is 20.3. The minimum Gasteiger partial charge on any atom is -0.493 e. The number of rotatable bonds is 1. The number of alkyl halides is 6. The maximum atomic E-state index is 12.2. The second-order valence-electron chi connectivity index (χ2n) is 4.71. The molecule has 0 aliphatic rings. The second-order valence-corrected chi connectivity index (χ2v) is 5.10. The molecule has 26 heavy (non-hydrogen) atoms. The topological polar surface area (TPSA) is 95.0 Å². The molecule has 14 heteroatoms. The maximum Gasteiger partial charge on any atom is 0.451 e. The average Bonchev–Trinajstić information content (AvgIpc) is 2.44. The Bertz CT molecular complexity index is 821. The number of halogens is 7. The summed E-state index contributed by atoms with van der Waals surface area (Å²) in [5, 5.41) is 8.30. The summed E-state index contributed by atoms with van der Waals surface area (Å²) in [5.41, 5.74) is -1.05. The number of aromatic amines is 1. The van der Waals surface area contributed by atoms with Crippen LogP contribution in [0.3, 0.4) is 0 Å². The van der Waals surface area contributed by atoms with Gasteiger partial charge >= 0.3 is 12.4 Å². The molecule has 7 nitrogen and oxygen atoms in total. The van der Waals surface area contributed by atoms with Gasteiger partial charge in [0.25, 0.3) is 5.56 Å². The predicted molar refractivity (Wildman–Crippen MR) is 77.9 cm³/mol. The van der Waals surface area contributed by atoms with Gasteiger partial charge < -0.3 is 15.0 Å². The van der Waals surface area contributed by atoms with Gasteiger partial charge in [-0.15, -0.1) is 0 Å². The Labute approximate surface area is 146 Å². The SMILES string of the molecule is CN(C)c1cc(Cl)nc(C(F)(F)F)n1.O=c1cc(O)nc(C(F)(F)F)[nH]1. The first-order valence-electron chi connectivity index (χ1n) is 6.36. The molecule has 0 saturated heterocycles. The van der Waals surface area contributed by atoms with Crippen molar-refractivity contribution in [2.24, 2.45) is 0 Å². The van der Waals surface area contributed by atoms with Gasteiger partial charge in [0.2, 0.25) is 17.5 Å². The first-order chi connectivity index (χ1) is 11.7. The van der Waals surface area contributed by atoms with Crippen LogP contribution >= 0.6 is 11.6 Å². The van der Waals surface area contributed by atoms with E-state index in [1.54, 1.807) is 14.1 Å². The predicted octanol–water partition coefficient (Wildman–Crippen LogP) is 2.71. The monoisotopic (exact) mass is 405 g/mol. The van der Waals surface area contributed by atoms with E-state index in [9.17, 15) is 31.1 Å². The number of aromatic hydroxyl groups is 1. The van der Waals surface area contributed by atoms with Gasteiger partial charge in [-0.1, -0.05) is 11.6 Å². The van der Waals surface area contributed by atoms with Crippen molar-refractivity contribution in [3.8, 4) is 5.88 Å². The molecule has 0 bridgehead atoms. The van der Waals surface area contributed by atoms with Crippen molar-refractivity contribution in [1.82, 2.24) is 19.9 Å². The molecule has 2 rings (SSSR count). The molecule has 0 unspecified atom stereocenters. The highest BCUT2D eigenvalue weighted by molar-refractivity contribution is 6.29. The first kappa shape index (κ1) is 21.5. The van der Waals surface area contributed by atoms with E-state index < -0.39 is 35.4 Å². The van der Waals surface area contributed by atoms with E-state index in [0.29, 0.717) is 6.07 Å². The van der Waals surface area contributed by atoms with Crippen LogP contribution in [-0.4, -0.2) is 39.1 Å². The molecule has 0 atom stereocenters. The molecular formula is C12H10ClF6N5O2. The van der Waals surface area contributed by atoms with Gasteiger partial charge in [0.1, 0.15) is 11.0 Å². The molecule has 0 spiro atoms. The fourth-order valence-electron chi connectivity index (χ4n) is 1.34. The van der Waals surface area contributed by atoms with E-state index in [1.807, 2.05) is 0 Å². The van der Waals surface area contributed by atoms with Gasteiger partial charge in [-0.05, 0) is 0 Å². The van der Waals surface area contributed by atoms with Gasteiger partial charge in [-0.2, -0.15) is 31.3 Å². The lowest BCUT2D eigenvalue weighted by Gasteiger charge is -2.13. The molecule has 0 radical (unpaired) electrons. The van der Waals surface area contributed by atoms with Crippen LogP contribution in [0.5, 0.6) is 5.88 Å². The van der Waals surface area contributed by atoms with Crippen molar-refractivity contribution in [3.05, 3.63) is 39.3 Å². The molecule has 2 heterocycles. The van der Waals surface area contributed by atoms with E-state index in [1.165, 1.54) is 16.0 Å². The van der Waals surface area contributed by atoms with Gasteiger partial charge in [-0.3, -0.25) is 4.79 Å². The minimum atomic E-state index is -4.75. The minimum absolute atomic E-state index is 0.123. The van der Waals surface area contributed by atoms with Gasteiger partial charge in [0, 0.05) is 20.2 Å². The molecule has 2 N–H and O–H groups in total. The first-order valence-corrected chi connectivity index (χ1v) is 6.74. The van der Waals surface area contributed by atoms with Crippen LogP contribution in [0.4, 0.5) is 32.2 Å². The smallest absolute Gasteiger partial charge is 0.451 e. The summed E-state index contributed by atoms with van der Waals surface area (Å²) < 4.78 is 72.0. The zero-order valence-electron chi connectivity index (χ0n) is 12.9. The number of nitrogens with one attached hydrogen (secondary N) is 1. The van der Waals surface area contributed by atoms with Crippen molar-refractivity contribution >= 4 is 17.4 Å². The highest BCUT2D eigenvalue weighted by atomic mass is 35.5. The summed E-state index contributed by atoms with van der Waals surface area (Å²) in [6, 6.07) is 1.81. The van der Waals surface area contributed by atoms with Crippen LogP contribution in [0.15, 0.2) is 16.9 Å². The Morgan fingerprint density at radius 1 is 1.04 bits per heavy atom. The van der Waals surface area contributed by atoms with Crippen molar-refractivity contribution in [1.29, 1.82) is 0 Å². The van der Waals surface area contributed by atoms with Crippen molar-refractivity contribution in [3.63, 3.8) is 0 Å². The maximum absolute atomic E-state index is 12.2. The number of nitrogens with zero attached hydrogens (tertiary/aromatic N) is 4. The molecule has 0 aromatic carbocycles. The fourth-order valence-corrected chi connectivity index (χ4v) is 1.52. The number of hydrogen-bond acceptors (Lipinski definition) is 6. The number of H-pyrrole nitrogens is 1. The summed E-state index contributed by atoms with van der Waals surface area (Å²) in [6.07, 6.45) is -9.33. The molecule has 0 amide bonds. The standard InChI is InChI=1S/C7H7ClF3N3.C5H3F3N2O2/c1-14(2)5-3-4(8)12-6(13-5)7(9,10)11;6-5(7,8)4-9-2(11)1-3(12)10-4/h3H,1-2H3;1H,(H2,9,10,11,12). The zero-order valence-corrected chi connectivity index (χ0v) is 13.7. The fraction of sp³-hybridized carbons (Fsp3) is 0.333. The van der Waals surface area contributed by atoms with Crippen LogP contribution in [-0.2, 0) is 12.4 Å². The third kappa shape index (κ3) is 6.38. The molecule has 0 fully saturated rings. The summed E-state index contributed by atoms with van der Waals surface area (Å²) >= 11 is 5.42. The number of aromatic nitrogens is 4. The molecule has 144 valence electrons. The Balaban J connectivity index is 0.000000263. The van der Waals surface area contributed by atoms with Crippen molar-refractivity contribution in [2.75, 3.05) is 19.0 Å².